The van der Waals surface area contributed by atoms with Gasteiger partial charge >= 0.3 is 6.09 Å². The number of nitrogens with one attached hydrogen (secondary N) is 3. The fourth-order valence-electron chi connectivity index (χ4n) is 8.10. The minimum atomic E-state index is -3.94. The van der Waals surface area contributed by atoms with E-state index in [1.165, 1.54) is 15.9 Å². The molecule has 288 valence electrons. The molecule has 0 aromatic heterocycles. The van der Waals surface area contributed by atoms with Crippen LogP contribution in [0.3, 0.4) is 0 Å². The number of fused-ring (bicyclic) bond motifs is 3. The first-order valence-corrected chi connectivity index (χ1v) is 20.3. The van der Waals surface area contributed by atoms with Crippen LogP contribution in [0.2, 0.25) is 0 Å². The van der Waals surface area contributed by atoms with Crippen LogP contribution in [-0.4, -0.2) is 90.6 Å². The first-order valence-electron chi connectivity index (χ1n) is 18.8. The number of hydrogen-bond acceptors (Lipinski definition) is 11. The molecular formula is C37H43FN6O9S. The number of carbonyl (C=O) groups excluding carboxylic acids is 4. The molecule has 0 spiro atoms. The van der Waals surface area contributed by atoms with Crippen molar-refractivity contribution in [2.45, 2.75) is 106 Å². The van der Waals surface area contributed by atoms with E-state index in [-0.39, 0.29) is 50.3 Å². The molecule has 0 unspecified atom stereocenters. The molecule has 54 heavy (non-hydrogen) atoms. The SMILES string of the molecule is O=C1N[C@]2(C(=O)NS(=O)(=O)C3CC3)C[C@H]2/C=C\CCCCC[C@H](Nc2c(N3CCC3)c(=O)c2=O)C(=O)N2C[C@H](OC(=O)N3Cc4cccc(F)c4C3)C[C@@H]12. The molecule has 8 rings (SSSR count). The average molecular weight is 767 g/mol. The van der Waals surface area contributed by atoms with Gasteiger partial charge in [0.15, 0.2) is 0 Å². The molecule has 6 aliphatic rings. The van der Waals surface area contributed by atoms with Crippen LogP contribution >= 0.6 is 0 Å². The normalized spacial score (nSPS) is 29.2. The topological polar surface area (TPSA) is 192 Å². The van der Waals surface area contributed by atoms with E-state index in [2.05, 4.69) is 15.4 Å². The number of halogens is 1. The fourth-order valence-corrected chi connectivity index (χ4v) is 9.47. The highest BCUT2D eigenvalue weighted by Crippen LogP contribution is 2.46. The molecular weight excluding hydrogens is 724 g/mol. The van der Waals surface area contributed by atoms with Crippen molar-refractivity contribution in [3.63, 3.8) is 0 Å². The zero-order chi connectivity index (χ0) is 37.9. The number of anilines is 2. The molecule has 4 aliphatic heterocycles. The van der Waals surface area contributed by atoms with Crippen LogP contribution in [0.1, 0.15) is 75.3 Å². The Balaban J connectivity index is 1.07. The molecule has 3 N–H and O–H groups in total. The number of ether oxygens (including phenoxy) is 1. The number of sulfonamides is 1. The van der Waals surface area contributed by atoms with Crippen molar-refractivity contribution >= 4 is 45.2 Å². The molecule has 5 atom stereocenters. The summed E-state index contributed by atoms with van der Waals surface area (Å²) in [4.78, 5) is 85.7. The number of carbonyl (C=O) groups is 4. The van der Waals surface area contributed by atoms with Crippen molar-refractivity contribution in [2.75, 3.05) is 29.9 Å². The summed E-state index contributed by atoms with van der Waals surface area (Å²) < 4.78 is 48.1. The van der Waals surface area contributed by atoms with Crippen molar-refractivity contribution in [3.8, 4) is 0 Å². The molecule has 15 nitrogen and oxygen atoms in total. The van der Waals surface area contributed by atoms with Gasteiger partial charge in [0.2, 0.25) is 21.8 Å². The third-order valence-corrected chi connectivity index (χ3v) is 13.5. The molecule has 2 saturated carbocycles. The summed E-state index contributed by atoms with van der Waals surface area (Å²) in [5.74, 6) is -3.05. The summed E-state index contributed by atoms with van der Waals surface area (Å²) in [5.41, 5.74) is -1.56. The quantitative estimate of drug-likeness (QED) is 0.274. The smallest absolute Gasteiger partial charge is 0.410 e. The number of nitrogens with zero attached hydrogens (tertiary/aromatic N) is 3. The minimum absolute atomic E-state index is 0.0103. The lowest BCUT2D eigenvalue weighted by atomic mass is 10.0. The maximum Gasteiger partial charge on any atom is 0.410 e. The average Bonchev–Trinajstić information content (AvgIpc) is 4.00. The van der Waals surface area contributed by atoms with Gasteiger partial charge in [0, 0.05) is 37.5 Å². The Kier molecular flexibility index (Phi) is 9.25. The van der Waals surface area contributed by atoms with Crippen LogP contribution in [-0.2, 0) is 42.2 Å². The maximum atomic E-state index is 14.6. The van der Waals surface area contributed by atoms with Crippen molar-refractivity contribution in [1.29, 1.82) is 0 Å². The van der Waals surface area contributed by atoms with E-state index in [1.807, 2.05) is 12.2 Å². The maximum absolute atomic E-state index is 14.6. The zero-order valence-corrected chi connectivity index (χ0v) is 30.5. The highest BCUT2D eigenvalue weighted by Gasteiger charge is 2.62. The molecule has 4 fully saturated rings. The molecule has 4 amide bonds. The Morgan fingerprint density at radius 1 is 0.981 bits per heavy atom. The lowest BCUT2D eigenvalue weighted by Gasteiger charge is -2.36. The molecule has 2 aliphatic carbocycles. The Bertz CT molecular complexity index is 2110. The van der Waals surface area contributed by atoms with E-state index in [1.54, 1.807) is 17.0 Å². The fraction of sp³-hybridized carbons (Fsp3) is 0.568. The molecule has 2 saturated heterocycles. The summed E-state index contributed by atoms with van der Waals surface area (Å²) in [7, 11) is -3.94. The van der Waals surface area contributed by atoms with Gasteiger partial charge in [0.25, 0.3) is 16.8 Å². The third-order valence-electron chi connectivity index (χ3n) is 11.7. The molecule has 4 heterocycles. The van der Waals surface area contributed by atoms with E-state index in [0.29, 0.717) is 49.9 Å². The van der Waals surface area contributed by atoms with Crippen molar-refractivity contribution < 1.29 is 36.7 Å². The van der Waals surface area contributed by atoms with Crippen LogP contribution in [0, 0.1) is 11.7 Å². The van der Waals surface area contributed by atoms with Gasteiger partial charge in [-0.05, 0) is 56.6 Å². The van der Waals surface area contributed by atoms with Crippen LogP contribution in [0.25, 0.3) is 0 Å². The van der Waals surface area contributed by atoms with Crippen LogP contribution in [0.15, 0.2) is 39.9 Å². The number of amides is 4. The standard InChI is InChI=1S/C37H43FN6O9S/c38-26-10-6-8-21-18-43(20-25(21)26)36(50)53-23-16-28-33(47)40-37(35(49)41-54(51,52)24-12-13-24)17-22(37)9-4-2-1-3-5-11-27(34(48)44(28)19-23)39-29-30(32(46)31(29)45)42-14-7-15-42/h4,6,8-10,22-24,27-28,39H,1-3,5,7,11-20H2,(H,40,47)(H,41,49)/b9-4-/t22-,23-,27+,28+,37-/m1/s1. The molecule has 17 heteroatoms. The zero-order valence-electron chi connectivity index (χ0n) is 29.7. The summed E-state index contributed by atoms with van der Waals surface area (Å²) in [6.45, 7) is 1.14. The second-order valence-electron chi connectivity index (χ2n) is 15.4. The monoisotopic (exact) mass is 766 g/mol. The number of benzene rings is 1. The van der Waals surface area contributed by atoms with Crippen LogP contribution in [0.5, 0.6) is 0 Å². The molecule has 0 bridgehead atoms. The molecule has 2 aromatic rings. The van der Waals surface area contributed by atoms with E-state index in [4.69, 9.17) is 4.74 Å². The van der Waals surface area contributed by atoms with Gasteiger partial charge in [-0.15, -0.1) is 0 Å². The van der Waals surface area contributed by atoms with Crippen molar-refractivity contribution in [1.82, 2.24) is 19.8 Å². The van der Waals surface area contributed by atoms with E-state index in [9.17, 15) is 41.6 Å². The lowest BCUT2D eigenvalue weighted by molar-refractivity contribution is -0.140. The number of allylic oxidation sites excluding steroid dienone is 1. The number of hydrogen-bond donors (Lipinski definition) is 3. The summed E-state index contributed by atoms with van der Waals surface area (Å²) in [6, 6.07) is 2.35. The second-order valence-corrected chi connectivity index (χ2v) is 17.4. The van der Waals surface area contributed by atoms with Crippen molar-refractivity contribution in [3.05, 3.63) is 67.7 Å². The Labute approximate surface area is 311 Å². The lowest BCUT2D eigenvalue weighted by Crippen LogP contribution is -2.58. The van der Waals surface area contributed by atoms with Gasteiger partial charge in [-0.25, -0.2) is 17.6 Å². The highest BCUT2D eigenvalue weighted by molar-refractivity contribution is 7.91. The second kappa shape index (κ2) is 13.8. The Morgan fingerprint density at radius 3 is 2.50 bits per heavy atom. The third kappa shape index (κ3) is 6.64. The highest BCUT2D eigenvalue weighted by atomic mass is 32.2. The van der Waals surface area contributed by atoms with Gasteiger partial charge in [-0.2, -0.15) is 0 Å². The summed E-state index contributed by atoms with van der Waals surface area (Å²) >= 11 is 0. The van der Waals surface area contributed by atoms with E-state index >= 15 is 0 Å². The predicted octanol–water partition coefficient (Wildman–Crippen LogP) is 1.54. The van der Waals surface area contributed by atoms with Gasteiger partial charge in [0.1, 0.15) is 40.9 Å². The first-order chi connectivity index (χ1) is 25.9. The minimum Gasteiger partial charge on any atom is -0.444 e. The predicted molar refractivity (Wildman–Crippen MR) is 193 cm³/mol. The van der Waals surface area contributed by atoms with E-state index < -0.39 is 85.4 Å². The largest absolute Gasteiger partial charge is 0.444 e. The van der Waals surface area contributed by atoms with Crippen molar-refractivity contribution in [2.24, 2.45) is 5.92 Å². The van der Waals surface area contributed by atoms with Gasteiger partial charge < -0.3 is 25.2 Å². The molecule has 0 radical (unpaired) electrons. The molecule has 2 aromatic carbocycles. The number of rotatable bonds is 7. The summed E-state index contributed by atoms with van der Waals surface area (Å²) in [5, 5.41) is 5.18. The first kappa shape index (κ1) is 36.2. The van der Waals surface area contributed by atoms with Crippen LogP contribution < -0.4 is 31.1 Å². The van der Waals surface area contributed by atoms with Gasteiger partial charge in [-0.1, -0.05) is 37.1 Å². The van der Waals surface area contributed by atoms with Gasteiger partial charge in [0.05, 0.1) is 18.3 Å². The Morgan fingerprint density at radius 2 is 1.78 bits per heavy atom. The van der Waals surface area contributed by atoms with Gasteiger partial charge in [-0.3, -0.25) is 33.6 Å². The summed E-state index contributed by atoms with van der Waals surface area (Å²) in [6.07, 6.45) is 6.74. The van der Waals surface area contributed by atoms with E-state index in [0.717, 1.165) is 19.3 Å². The Hall–Kier alpha value is -4.80. The van der Waals surface area contributed by atoms with Crippen LogP contribution in [0.4, 0.5) is 20.6 Å².